The highest BCUT2D eigenvalue weighted by Gasteiger charge is 2.18. The smallest absolute Gasteiger partial charge is 0.119 e. The SMILES string of the molecule is CCOc1ccc(CNCC2CN(CC)CCO2)cc1. The molecule has 20 heavy (non-hydrogen) atoms. The minimum absolute atomic E-state index is 0.311. The normalized spacial score (nSPS) is 20.0. The minimum Gasteiger partial charge on any atom is -0.494 e. The van der Waals surface area contributed by atoms with Crippen molar-refractivity contribution in [3.05, 3.63) is 29.8 Å². The van der Waals surface area contributed by atoms with Crippen LogP contribution in [-0.2, 0) is 11.3 Å². The summed E-state index contributed by atoms with van der Waals surface area (Å²) in [4.78, 5) is 2.44. The maximum absolute atomic E-state index is 5.77. The van der Waals surface area contributed by atoms with E-state index in [0.29, 0.717) is 12.7 Å². The predicted octanol–water partition coefficient (Wildman–Crippen LogP) is 1.90. The Bertz CT molecular complexity index is 381. The van der Waals surface area contributed by atoms with E-state index in [-0.39, 0.29) is 0 Å². The van der Waals surface area contributed by atoms with Crippen LogP contribution < -0.4 is 10.1 Å². The van der Waals surface area contributed by atoms with Crippen LogP contribution in [0.1, 0.15) is 19.4 Å². The van der Waals surface area contributed by atoms with E-state index in [0.717, 1.165) is 45.1 Å². The molecular formula is C16H26N2O2. The maximum atomic E-state index is 5.77. The average molecular weight is 278 g/mol. The van der Waals surface area contributed by atoms with Gasteiger partial charge in [-0.25, -0.2) is 0 Å². The Morgan fingerprint density at radius 3 is 2.80 bits per heavy atom. The van der Waals surface area contributed by atoms with Crippen LogP contribution in [-0.4, -0.2) is 50.4 Å². The second-order valence-corrected chi connectivity index (χ2v) is 5.09. The van der Waals surface area contributed by atoms with E-state index in [1.807, 2.05) is 19.1 Å². The summed E-state index contributed by atoms with van der Waals surface area (Å²) in [5.41, 5.74) is 1.27. The fourth-order valence-electron chi connectivity index (χ4n) is 2.44. The van der Waals surface area contributed by atoms with Crippen molar-refractivity contribution in [1.82, 2.24) is 10.2 Å². The van der Waals surface area contributed by atoms with Gasteiger partial charge in [0.1, 0.15) is 5.75 Å². The van der Waals surface area contributed by atoms with Crippen molar-refractivity contribution >= 4 is 0 Å². The molecule has 0 saturated carbocycles. The summed E-state index contributed by atoms with van der Waals surface area (Å²) in [6.07, 6.45) is 0.311. The molecule has 1 aromatic rings. The number of benzene rings is 1. The van der Waals surface area contributed by atoms with Crippen LogP contribution in [0, 0.1) is 0 Å². The van der Waals surface area contributed by atoms with Crippen LogP contribution in [0.4, 0.5) is 0 Å². The maximum Gasteiger partial charge on any atom is 0.119 e. The van der Waals surface area contributed by atoms with Crippen molar-refractivity contribution in [3.8, 4) is 5.75 Å². The molecule has 0 radical (unpaired) electrons. The molecule has 1 aliphatic heterocycles. The lowest BCUT2D eigenvalue weighted by molar-refractivity contribution is -0.0253. The number of nitrogens with zero attached hydrogens (tertiary/aromatic N) is 1. The van der Waals surface area contributed by atoms with Crippen molar-refractivity contribution in [2.75, 3.05) is 39.4 Å². The quantitative estimate of drug-likeness (QED) is 0.826. The van der Waals surface area contributed by atoms with E-state index >= 15 is 0 Å². The summed E-state index contributed by atoms with van der Waals surface area (Å²) in [6.45, 7) is 10.8. The molecule has 1 fully saturated rings. The first kappa shape index (κ1) is 15.3. The van der Waals surface area contributed by atoms with E-state index in [1.54, 1.807) is 0 Å². The van der Waals surface area contributed by atoms with Crippen molar-refractivity contribution in [2.45, 2.75) is 26.5 Å². The van der Waals surface area contributed by atoms with E-state index < -0.39 is 0 Å². The second-order valence-electron chi connectivity index (χ2n) is 5.09. The molecule has 1 saturated heterocycles. The molecule has 0 bridgehead atoms. The molecule has 4 nitrogen and oxygen atoms in total. The summed E-state index contributed by atoms with van der Waals surface area (Å²) in [5.74, 6) is 0.936. The number of ether oxygens (including phenoxy) is 2. The van der Waals surface area contributed by atoms with Gasteiger partial charge in [0.25, 0.3) is 0 Å². The number of hydrogen-bond acceptors (Lipinski definition) is 4. The number of likely N-dealkylation sites (N-methyl/N-ethyl adjacent to an activating group) is 1. The Kier molecular flexibility index (Phi) is 6.30. The lowest BCUT2D eigenvalue weighted by atomic mass is 10.2. The summed E-state index contributed by atoms with van der Waals surface area (Å²) in [7, 11) is 0. The lowest BCUT2D eigenvalue weighted by Crippen LogP contribution is -2.46. The highest BCUT2D eigenvalue weighted by atomic mass is 16.5. The Morgan fingerprint density at radius 1 is 1.30 bits per heavy atom. The standard InChI is InChI=1S/C16H26N2O2/c1-3-18-9-10-20-16(13-18)12-17-11-14-5-7-15(8-6-14)19-4-2/h5-8,16-17H,3-4,9-13H2,1-2H3. The van der Waals surface area contributed by atoms with E-state index in [4.69, 9.17) is 9.47 Å². The number of hydrogen-bond donors (Lipinski definition) is 1. The van der Waals surface area contributed by atoms with Crippen LogP contribution in [0.15, 0.2) is 24.3 Å². The van der Waals surface area contributed by atoms with Crippen molar-refractivity contribution in [1.29, 1.82) is 0 Å². The first-order valence-corrected chi connectivity index (χ1v) is 7.58. The summed E-state index contributed by atoms with van der Waals surface area (Å²) < 4.78 is 11.2. The third-order valence-electron chi connectivity index (χ3n) is 3.61. The fraction of sp³-hybridized carbons (Fsp3) is 0.625. The van der Waals surface area contributed by atoms with Crippen LogP contribution in [0.2, 0.25) is 0 Å². The first-order chi connectivity index (χ1) is 9.81. The molecule has 112 valence electrons. The number of rotatable bonds is 7. The first-order valence-electron chi connectivity index (χ1n) is 7.58. The molecule has 0 aliphatic carbocycles. The monoisotopic (exact) mass is 278 g/mol. The molecule has 1 unspecified atom stereocenters. The topological polar surface area (TPSA) is 33.7 Å². The summed E-state index contributed by atoms with van der Waals surface area (Å²) in [5, 5.41) is 3.48. The van der Waals surface area contributed by atoms with E-state index in [2.05, 4.69) is 29.3 Å². The highest BCUT2D eigenvalue weighted by molar-refractivity contribution is 5.27. The van der Waals surface area contributed by atoms with Gasteiger partial charge < -0.3 is 14.8 Å². The lowest BCUT2D eigenvalue weighted by Gasteiger charge is -2.32. The van der Waals surface area contributed by atoms with E-state index in [9.17, 15) is 0 Å². The van der Waals surface area contributed by atoms with Crippen molar-refractivity contribution in [2.24, 2.45) is 0 Å². The molecule has 0 aromatic heterocycles. The predicted molar refractivity (Wildman–Crippen MR) is 81.2 cm³/mol. The third-order valence-corrected chi connectivity index (χ3v) is 3.61. The highest BCUT2D eigenvalue weighted by Crippen LogP contribution is 2.12. The van der Waals surface area contributed by atoms with Gasteiger partial charge in [-0.15, -0.1) is 0 Å². The van der Waals surface area contributed by atoms with Crippen LogP contribution in [0.3, 0.4) is 0 Å². The largest absolute Gasteiger partial charge is 0.494 e. The minimum atomic E-state index is 0.311. The third kappa shape index (κ3) is 4.78. The summed E-state index contributed by atoms with van der Waals surface area (Å²) >= 11 is 0. The molecule has 1 N–H and O–H groups in total. The van der Waals surface area contributed by atoms with Gasteiger partial charge in [-0.3, -0.25) is 4.90 Å². The number of nitrogens with one attached hydrogen (secondary N) is 1. The molecular weight excluding hydrogens is 252 g/mol. The molecule has 1 atom stereocenters. The van der Waals surface area contributed by atoms with Gasteiger partial charge in [0.05, 0.1) is 19.3 Å². The Morgan fingerprint density at radius 2 is 2.10 bits per heavy atom. The van der Waals surface area contributed by atoms with Gasteiger partial charge >= 0.3 is 0 Å². The number of morpholine rings is 1. The van der Waals surface area contributed by atoms with Crippen molar-refractivity contribution < 1.29 is 9.47 Å². The molecule has 0 spiro atoms. The molecule has 1 aromatic carbocycles. The zero-order valence-electron chi connectivity index (χ0n) is 12.6. The molecule has 0 amide bonds. The van der Waals surface area contributed by atoms with Gasteiger partial charge in [-0.2, -0.15) is 0 Å². The molecule has 2 rings (SSSR count). The van der Waals surface area contributed by atoms with Gasteiger partial charge in [0.15, 0.2) is 0 Å². The summed E-state index contributed by atoms with van der Waals surface area (Å²) in [6, 6.07) is 8.27. The Hall–Kier alpha value is -1.10. The molecule has 4 heteroatoms. The van der Waals surface area contributed by atoms with E-state index in [1.165, 1.54) is 5.56 Å². The average Bonchev–Trinajstić information content (AvgIpc) is 2.50. The zero-order valence-corrected chi connectivity index (χ0v) is 12.6. The Labute approximate surface area is 122 Å². The second kappa shape index (κ2) is 8.25. The van der Waals surface area contributed by atoms with Gasteiger partial charge in [-0.1, -0.05) is 19.1 Å². The van der Waals surface area contributed by atoms with Gasteiger partial charge in [0, 0.05) is 26.2 Å². The van der Waals surface area contributed by atoms with Gasteiger partial charge in [-0.05, 0) is 31.2 Å². The Balaban J connectivity index is 1.69. The van der Waals surface area contributed by atoms with Crippen LogP contribution in [0.5, 0.6) is 5.75 Å². The molecule has 1 heterocycles. The van der Waals surface area contributed by atoms with Crippen LogP contribution >= 0.6 is 0 Å². The molecule has 1 aliphatic rings. The van der Waals surface area contributed by atoms with Crippen molar-refractivity contribution in [3.63, 3.8) is 0 Å². The fourth-order valence-corrected chi connectivity index (χ4v) is 2.44. The van der Waals surface area contributed by atoms with Crippen LogP contribution in [0.25, 0.3) is 0 Å². The van der Waals surface area contributed by atoms with Gasteiger partial charge in [0.2, 0.25) is 0 Å². The zero-order chi connectivity index (χ0) is 14.2.